The summed E-state index contributed by atoms with van der Waals surface area (Å²) < 4.78 is 33.8. The lowest BCUT2D eigenvalue weighted by Crippen LogP contribution is -2.43. The van der Waals surface area contributed by atoms with Crippen molar-refractivity contribution >= 4 is 21.5 Å². The summed E-state index contributed by atoms with van der Waals surface area (Å²) in [6, 6.07) is 6.94. The molecule has 0 saturated heterocycles. The maximum absolute atomic E-state index is 12.8. The highest BCUT2D eigenvalue weighted by Gasteiger charge is 2.65. The fourth-order valence-electron chi connectivity index (χ4n) is 4.60. The van der Waals surface area contributed by atoms with Crippen LogP contribution in [0.25, 0.3) is 0 Å². The number of hydrogen-bond acceptors (Lipinski definition) is 4. The van der Waals surface area contributed by atoms with Crippen molar-refractivity contribution in [1.29, 1.82) is 0 Å². The zero-order valence-electron chi connectivity index (χ0n) is 15.9. The quantitative estimate of drug-likeness (QED) is 0.693. The number of benzene rings is 1. The van der Waals surface area contributed by atoms with Gasteiger partial charge < -0.3 is 4.74 Å². The summed E-state index contributed by atoms with van der Waals surface area (Å²) in [7, 11) is -3.61. The molecule has 26 heavy (non-hydrogen) atoms. The third kappa shape index (κ3) is 3.36. The number of fused-ring (bicyclic) bond motifs is 2. The highest BCUT2D eigenvalue weighted by molar-refractivity contribution is 7.92. The Labute approximate surface area is 156 Å². The fraction of sp³-hybridized carbons (Fsp3) is 0.650. The number of ketones is 1. The molecule has 0 radical (unpaired) electrons. The second-order valence-electron chi connectivity index (χ2n) is 8.25. The molecule has 0 amide bonds. The molecule has 0 unspecified atom stereocenters. The molecule has 0 aliphatic heterocycles. The number of carbonyl (C=O) groups is 1. The van der Waals surface area contributed by atoms with Gasteiger partial charge in [-0.15, -0.1) is 0 Å². The van der Waals surface area contributed by atoms with Crippen molar-refractivity contribution in [1.82, 2.24) is 0 Å². The van der Waals surface area contributed by atoms with Crippen LogP contribution < -0.4 is 9.46 Å². The first kappa shape index (κ1) is 19.2. The second kappa shape index (κ2) is 6.87. The Morgan fingerprint density at radius 2 is 1.92 bits per heavy atom. The van der Waals surface area contributed by atoms with Gasteiger partial charge in [-0.25, -0.2) is 8.42 Å². The zero-order chi connectivity index (χ0) is 19.0. The molecule has 2 atom stereocenters. The van der Waals surface area contributed by atoms with Crippen LogP contribution in [-0.4, -0.2) is 26.6 Å². The maximum atomic E-state index is 12.8. The summed E-state index contributed by atoms with van der Waals surface area (Å²) in [5.74, 6) is 1.02. The lowest BCUT2D eigenvalue weighted by Gasteiger charge is -2.36. The molecule has 2 aliphatic carbocycles. The Balaban J connectivity index is 1.69. The second-order valence-corrected chi connectivity index (χ2v) is 9.98. The molecule has 1 aromatic carbocycles. The van der Waals surface area contributed by atoms with Gasteiger partial charge in [0.1, 0.15) is 11.5 Å². The van der Waals surface area contributed by atoms with Gasteiger partial charge in [0.15, 0.2) is 0 Å². The fourth-order valence-corrected chi connectivity index (χ4v) is 6.50. The summed E-state index contributed by atoms with van der Waals surface area (Å²) >= 11 is 0. The highest BCUT2D eigenvalue weighted by atomic mass is 32.2. The van der Waals surface area contributed by atoms with Gasteiger partial charge in [-0.3, -0.25) is 9.52 Å². The van der Waals surface area contributed by atoms with Gasteiger partial charge in [0, 0.05) is 12.1 Å². The number of nitrogens with one attached hydrogen (secondary N) is 1. The van der Waals surface area contributed by atoms with Crippen LogP contribution in [0.1, 0.15) is 52.9 Å². The van der Waals surface area contributed by atoms with Crippen molar-refractivity contribution in [2.45, 2.75) is 52.9 Å². The summed E-state index contributed by atoms with van der Waals surface area (Å²) in [6.45, 7) is 6.85. The van der Waals surface area contributed by atoms with Crippen molar-refractivity contribution in [2.24, 2.45) is 16.7 Å². The topological polar surface area (TPSA) is 72.5 Å². The molecule has 2 fully saturated rings. The lowest BCUT2D eigenvalue weighted by molar-refractivity contribution is -0.128. The summed E-state index contributed by atoms with van der Waals surface area (Å²) in [6.07, 6.45) is 4.19. The van der Waals surface area contributed by atoms with E-state index in [4.69, 9.17) is 4.74 Å². The van der Waals surface area contributed by atoms with Crippen molar-refractivity contribution in [3.8, 4) is 5.75 Å². The van der Waals surface area contributed by atoms with Crippen LogP contribution in [0.4, 0.5) is 5.69 Å². The van der Waals surface area contributed by atoms with Gasteiger partial charge >= 0.3 is 0 Å². The van der Waals surface area contributed by atoms with Gasteiger partial charge in [-0.05, 0) is 54.9 Å². The molecule has 1 aromatic rings. The Morgan fingerprint density at radius 3 is 2.46 bits per heavy atom. The molecule has 5 nitrogen and oxygen atoms in total. The number of sulfonamides is 1. The molecule has 2 bridgehead atoms. The number of hydrogen-bond donors (Lipinski definition) is 1. The summed E-state index contributed by atoms with van der Waals surface area (Å²) in [4.78, 5) is 12.6. The molecule has 3 rings (SSSR count). The van der Waals surface area contributed by atoms with Crippen LogP contribution in [-0.2, 0) is 14.8 Å². The van der Waals surface area contributed by atoms with Crippen molar-refractivity contribution in [3.63, 3.8) is 0 Å². The standard InChI is InChI=1S/C20H29NO4S/c1-4-5-12-25-17-8-6-16(7-9-17)21-26(23,24)14-20-11-10-15(13-18(20)22)19(20,2)3/h6-9,15,21H,4-5,10-14H2,1-3H3/t15-,20+/m0/s1. The predicted octanol–water partition coefficient (Wildman–Crippen LogP) is 4.00. The van der Waals surface area contributed by atoms with Crippen molar-refractivity contribution in [3.05, 3.63) is 24.3 Å². The molecule has 0 heterocycles. The van der Waals surface area contributed by atoms with Crippen LogP contribution in [0.5, 0.6) is 5.75 Å². The zero-order valence-corrected chi connectivity index (χ0v) is 16.7. The molecule has 2 saturated carbocycles. The van der Waals surface area contributed by atoms with Crippen LogP contribution in [0.3, 0.4) is 0 Å². The van der Waals surface area contributed by atoms with E-state index in [2.05, 4.69) is 11.6 Å². The molecule has 2 aliphatic rings. The van der Waals surface area contributed by atoms with Gasteiger partial charge in [0.05, 0.1) is 17.8 Å². The first-order chi connectivity index (χ1) is 12.2. The Hall–Kier alpha value is -1.56. The predicted molar refractivity (Wildman–Crippen MR) is 103 cm³/mol. The molecular weight excluding hydrogens is 350 g/mol. The summed E-state index contributed by atoms with van der Waals surface area (Å²) in [5.41, 5.74) is -0.496. The van der Waals surface area contributed by atoms with E-state index >= 15 is 0 Å². The van der Waals surface area contributed by atoms with Crippen LogP contribution in [0, 0.1) is 16.7 Å². The Kier molecular flexibility index (Phi) is 5.08. The molecule has 0 spiro atoms. The Morgan fingerprint density at radius 1 is 1.23 bits per heavy atom. The smallest absolute Gasteiger partial charge is 0.233 e. The average molecular weight is 380 g/mol. The van der Waals surface area contributed by atoms with E-state index in [1.807, 2.05) is 13.8 Å². The monoisotopic (exact) mass is 379 g/mol. The normalized spacial score (nSPS) is 26.9. The molecular formula is C20H29NO4S. The number of Topliss-reactive ketones (excluding diaryl/α,β-unsaturated/α-hetero) is 1. The lowest BCUT2D eigenvalue weighted by atomic mass is 9.70. The number of anilines is 1. The van der Waals surface area contributed by atoms with E-state index in [0.717, 1.165) is 25.0 Å². The third-order valence-corrected chi connectivity index (χ3v) is 7.89. The maximum Gasteiger partial charge on any atom is 0.233 e. The first-order valence-corrected chi connectivity index (χ1v) is 11.1. The number of ether oxygens (including phenoxy) is 1. The van der Waals surface area contributed by atoms with Crippen LogP contribution >= 0.6 is 0 Å². The minimum absolute atomic E-state index is 0.115. The van der Waals surface area contributed by atoms with Crippen LogP contribution in [0.2, 0.25) is 0 Å². The van der Waals surface area contributed by atoms with E-state index in [1.165, 1.54) is 0 Å². The number of unbranched alkanes of at least 4 members (excludes halogenated alkanes) is 1. The molecule has 0 aromatic heterocycles. The van der Waals surface area contributed by atoms with E-state index in [0.29, 0.717) is 31.1 Å². The third-order valence-electron chi connectivity index (χ3n) is 6.47. The van der Waals surface area contributed by atoms with Crippen molar-refractivity contribution < 1.29 is 17.9 Å². The number of rotatable bonds is 8. The van der Waals surface area contributed by atoms with Crippen molar-refractivity contribution in [2.75, 3.05) is 17.1 Å². The number of carbonyl (C=O) groups excluding carboxylic acids is 1. The minimum atomic E-state index is -3.61. The van der Waals surface area contributed by atoms with Gasteiger partial charge in [0.2, 0.25) is 10.0 Å². The van der Waals surface area contributed by atoms with Gasteiger partial charge in [0.25, 0.3) is 0 Å². The van der Waals surface area contributed by atoms with Gasteiger partial charge in [-0.2, -0.15) is 0 Å². The van der Waals surface area contributed by atoms with E-state index in [-0.39, 0.29) is 17.0 Å². The SMILES string of the molecule is CCCCOc1ccc(NS(=O)(=O)C[C@]23CC[C@@H](CC2=O)C3(C)C)cc1. The first-order valence-electron chi connectivity index (χ1n) is 9.47. The van der Waals surface area contributed by atoms with E-state index < -0.39 is 15.4 Å². The van der Waals surface area contributed by atoms with E-state index in [9.17, 15) is 13.2 Å². The Bertz CT molecular complexity index is 770. The van der Waals surface area contributed by atoms with Crippen LogP contribution in [0.15, 0.2) is 24.3 Å². The summed E-state index contributed by atoms with van der Waals surface area (Å²) in [5, 5.41) is 0. The van der Waals surface area contributed by atoms with E-state index in [1.54, 1.807) is 24.3 Å². The molecule has 6 heteroatoms. The highest BCUT2D eigenvalue weighted by Crippen LogP contribution is 2.64. The average Bonchev–Trinajstić information content (AvgIpc) is 2.90. The largest absolute Gasteiger partial charge is 0.494 e. The van der Waals surface area contributed by atoms with Gasteiger partial charge in [-0.1, -0.05) is 27.2 Å². The molecule has 144 valence electrons. The molecule has 1 N–H and O–H groups in total. The minimum Gasteiger partial charge on any atom is -0.494 e.